The zero-order valence-corrected chi connectivity index (χ0v) is 15.9. The van der Waals surface area contributed by atoms with Crippen LogP contribution in [0.5, 0.6) is 17.2 Å². The zero-order chi connectivity index (χ0) is 18.8. The Labute approximate surface area is 158 Å². The molecule has 3 aromatic rings. The fourth-order valence-electron chi connectivity index (χ4n) is 3.67. The molecule has 4 rings (SSSR count). The molecule has 6 heteroatoms. The maximum absolute atomic E-state index is 6.25. The fraction of sp³-hybridized carbons (Fsp3) is 0.381. The molecular formula is C21H24N2O4. The third-order valence-corrected chi connectivity index (χ3v) is 5.04. The minimum Gasteiger partial charge on any atom is -0.493 e. The van der Waals surface area contributed by atoms with Gasteiger partial charge in [-0.3, -0.25) is 4.98 Å². The van der Waals surface area contributed by atoms with Gasteiger partial charge in [-0.25, -0.2) is 0 Å². The number of hydrogen-bond donors (Lipinski definition) is 0. The molecule has 0 bridgehead atoms. The number of rotatable bonds is 5. The molecule has 0 aliphatic carbocycles. The second kappa shape index (κ2) is 7.39. The number of hydrogen-bond acceptors (Lipinski definition) is 6. The van der Waals surface area contributed by atoms with Crippen LogP contribution in [-0.2, 0) is 0 Å². The SMILES string of the molecule is COc1cc(-c2cc3nccc(N4CCCCC4)c3o2)cc(OC)c1OC. The Bertz CT molecular complexity index is 919. The Kier molecular flexibility index (Phi) is 4.79. The molecule has 0 N–H and O–H groups in total. The summed E-state index contributed by atoms with van der Waals surface area (Å²) >= 11 is 0. The topological polar surface area (TPSA) is 57.0 Å². The highest BCUT2D eigenvalue weighted by molar-refractivity contribution is 5.90. The van der Waals surface area contributed by atoms with E-state index in [0.29, 0.717) is 17.2 Å². The van der Waals surface area contributed by atoms with E-state index in [1.54, 1.807) is 21.3 Å². The summed E-state index contributed by atoms with van der Waals surface area (Å²) in [5.41, 5.74) is 3.63. The molecule has 2 aromatic heterocycles. The van der Waals surface area contributed by atoms with Crippen LogP contribution in [0.25, 0.3) is 22.4 Å². The van der Waals surface area contributed by atoms with E-state index in [0.717, 1.165) is 41.2 Å². The van der Waals surface area contributed by atoms with Gasteiger partial charge in [-0.05, 0) is 37.5 Å². The summed E-state index contributed by atoms with van der Waals surface area (Å²) < 4.78 is 22.6. The Morgan fingerprint density at radius 3 is 2.26 bits per heavy atom. The van der Waals surface area contributed by atoms with Gasteiger partial charge in [0.2, 0.25) is 5.75 Å². The molecule has 1 fully saturated rings. The van der Waals surface area contributed by atoms with Crippen molar-refractivity contribution in [2.24, 2.45) is 0 Å². The summed E-state index contributed by atoms with van der Waals surface area (Å²) in [5.74, 6) is 2.47. The van der Waals surface area contributed by atoms with Gasteiger partial charge in [-0.15, -0.1) is 0 Å². The maximum Gasteiger partial charge on any atom is 0.203 e. The molecule has 0 unspecified atom stereocenters. The summed E-state index contributed by atoms with van der Waals surface area (Å²) in [6.07, 6.45) is 5.56. The molecule has 1 aliphatic rings. The average molecular weight is 368 g/mol. The normalized spacial score (nSPS) is 14.4. The van der Waals surface area contributed by atoms with Crippen LogP contribution in [-0.4, -0.2) is 39.4 Å². The minimum absolute atomic E-state index is 0.562. The molecule has 0 radical (unpaired) electrons. The van der Waals surface area contributed by atoms with Crippen molar-refractivity contribution in [2.75, 3.05) is 39.3 Å². The molecule has 3 heterocycles. The highest BCUT2D eigenvalue weighted by atomic mass is 16.5. The first kappa shape index (κ1) is 17.5. The van der Waals surface area contributed by atoms with E-state index in [-0.39, 0.29) is 0 Å². The summed E-state index contributed by atoms with van der Waals surface area (Å²) in [4.78, 5) is 6.88. The van der Waals surface area contributed by atoms with Crippen LogP contribution in [0.2, 0.25) is 0 Å². The monoisotopic (exact) mass is 368 g/mol. The average Bonchev–Trinajstić information content (AvgIpc) is 3.17. The molecule has 0 saturated carbocycles. The molecule has 142 valence electrons. The molecule has 27 heavy (non-hydrogen) atoms. The summed E-state index contributed by atoms with van der Waals surface area (Å²) in [7, 11) is 4.81. The number of furan rings is 1. The van der Waals surface area contributed by atoms with Crippen molar-refractivity contribution < 1.29 is 18.6 Å². The quantitative estimate of drug-likeness (QED) is 0.660. The number of anilines is 1. The largest absolute Gasteiger partial charge is 0.493 e. The minimum atomic E-state index is 0.562. The van der Waals surface area contributed by atoms with Crippen molar-refractivity contribution >= 4 is 16.8 Å². The van der Waals surface area contributed by atoms with Crippen molar-refractivity contribution in [3.05, 3.63) is 30.5 Å². The third-order valence-electron chi connectivity index (χ3n) is 5.04. The molecule has 1 aromatic carbocycles. The first-order valence-corrected chi connectivity index (χ1v) is 9.19. The van der Waals surface area contributed by atoms with Gasteiger partial charge in [0.15, 0.2) is 17.1 Å². The summed E-state index contributed by atoms with van der Waals surface area (Å²) in [6.45, 7) is 2.11. The van der Waals surface area contributed by atoms with Crippen molar-refractivity contribution in [3.63, 3.8) is 0 Å². The van der Waals surface area contributed by atoms with Gasteiger partial charge in [0, 0.05) is 30.9 Å². The van der Waals surface area contributed by atoms with Crippen LogP contribution < -0.4 is 19.1 Å². The third kappa shape index (κ3) is 3.16. The molecular weight excluding hydrogens is 344 g/mol. The first-order valence-electron chi connectivity index (χ1n) is 9.19. The standard InChI is InChI=1S/C21H24N2O4/c1-24-18-11-14(12-19(25-2)21(18)26-3)17-13-15-20(27-17)16(7-8-22-15)23-9-5-4-6-10-23/h7-8,11-13H,4-6,9-10H2,1-3H3. The van der Waals surface area contributed by atoms with Gasteiger partial charge in [0.25, 0.3) is 0 Å². The lowest BCUT2D eigenvalue weighted by atomic mass is 10.1. The number of ether oxygens (including phenoxy) is 3. The number of nitrogens with zero attached hydrogens (tertiary/aromatic N) is 2. The number of methoxy groups -OCH3 is 3. The Morgan fingerprint density at radius 1 is 0.926 bits per heavy atom. The van der Waals surface area contributed by atoms with E-state index >= 15 is 0 Å². The first-order chi connectivity index (χ1) is 13.2. The van der Waals surface area contributed by atoms with E-state index in [4.69, 9.17) is 18.6 Å². The van der Waals surface area contributed by atoms with Crippen molar-refractivity contribution in [2.45, 2.75) is 19.3 Å². The Balaban J connectivity index is 1.81. The number of piperidine rings is 1. The number of pyridine rings is 1. The van der Waals surface area contributed by atoms with E-state index < -0.39 is 0 Å². The van der Waals surface area contributed by atoms with E-state index in [1.165, 1.54) is 19.3 Å². The van der Waals surface area contributed by atoms with Gasteiger partial charge in [-0.1, -0.05) is 0 Å². The van der Waals surface area contributed by atoms with E-state index in [9.17, 15) is 0 Å². The van der Waals surface area contributed by atoms with Gasteiger partial charge in [0.1, 0.15) is 11.3 Å². The molecule has 6 nitrogen and oxygen atoms in total. The molecule has 1 saturated heterocycles. The highest BCUT2D eigenvalue weighted by Crippen LogP contribution is 2.42. The van der Waals surface area contributed by atoms with Crippen LogP contribution in [0.15, 0.2) is 34.9 Å². The van der Waals surface area contributed by atoms with Crippen LogP contribution in [0, 0.1) is 0 Å². The van der Waals surface area contributed by atoms with Gasteiger partial charge < -0.3 is 23.5 Å². The Hall–Kier alpha value is -2.89. The van der Waals surface area contributed by atoms with Crippen molar-refractivity contribution in [1.29, 1.82) is 0 Å². The summed E-state index contributed by atoms with van der Waals surface area (Å²) in [5, 5.41) is 0. The predicted octanol–water partition coefficient (Wildman–Crippen LogP) is 4.51. The number of benzene rings is 1. The molecule has 0 spiro atoms. The van der Waals surface area contributed by atoms with E-state index in [2.05, 4.69) is 9.88 Å². The van der Waals surface area contributed by atoms with Crippen molar-refractivity contribution in [3.8, 4) is 28.6 Å². The van der Waals surface area contributed by atoms with Crippen molar-refractivity contribution in [1.82, 2.24) is 4.98 Å². The lowest BCUT2D eigenvalue weighted by Crippen LogP contribution is -2.29. The molecule has 0 amide bonds. The maximum atomic E-state index is 6.25. The second-order valence-electron chi connectivity index (χ2n) is 6.62. The second-order valence-corrected chi connectivity index (χ2v) is 6.62. The van der Waals surface area contributed by atoms with E-state index in [1.807, 2.05) is 30.5 Å². The molecule has 0 atom stereocenters. The smallest absolute Gasteiger partial charge is 0.203 e. The summed E-state index contributed by atoms with van der Waals surface area (Å²) in [6, 6.07) is 7.78. The predicted molar refractivity (Wildman–Crippen MR) is 105 cm³/mol. The van der Waals surface area contributed by atoms with Crippen LogP contribution in [0.1, 0.15) is 19.3 Å². The number of fused-ring (bicyclic) bond motifs is 1. The lowest BCUT2D eigenvalue weighted by molar-refractivity contribution is 0.324. The van der Waals surface area contributed by atoms with Crippen LogP contribution in [0.3, 0.4) is 0 Å². The van der Waals surface area contributed by atoms with Gasteiger partial charge >= 0.3 is 0 Å². The molecule has 1 aliphatic heterocycles. The van der Waals surface area contributed by atoms with Crippen LogP contribution >= 0.6 is 0 Å². The highest BCUT2D eigenvalue weighted by Gasteiger charge is 2.20. The Morgan fingerprint density at radius 2 is 1.63 bits per heavy atom. The zero-order valence-electron chi connectivity index (χ0n) is 15.9. The fourth-order valence-corrected chi connectivity index (χ4v) is 3.67. The van der Waals surface area contributed by atoms with Gasteiger partial charge in [-0.2, -0.15) is 0 Å². The van der Waals surface area contributed by atoms with Gasteiger partial charge in [0.05, 0.1) is 27.0 Å². The number of aromatic nitrogens is 1. The lowest BCUT2D eigenvalue weighted by Gasteiger charge is -2.28. The van der Waals surface area contributed by atoms with Crippen LogP contribution in [0.4, 0.5) is 5.69 Å².